The van der Waals surface area contributed by atoms with Gasteiger partial charge in [-0.2, -0.15) is 0 Å². The molecule has 3 rings (SSSR count). The number of fused-ring (bicyclic) bond motifs is 1. The van der Waals surface area contributed by atoms with Crippen LogP contribution in [0.3, 0.4) is 0 Å². The largest absolute Gasteiger partial charge is 0.264 e. The molecule has 0 atom stereocenters. The van der Waals surface area contributed by atoms with Crippen LogP contribution in [0, 0.1) is 0 Å². The minimum atomic E-state index is 1.02. The van der Waals surface area contributed by atoms with E-state index >= 15 is 0 Å². The minimum Gasteiger partial charge on any atom is -0.264 e. The summed E-state index contributed by atoms with van der Waals surface area (Å²) in [5.74, 6) is 0. The van der Waals surface area contributed by atoms with Crippen LogP contribution < -0.4 is 0 Å². The Morgan fingerprint density at radius 3 is 2.89 bits per heavy atom. The average molecular weight is 252 g/mol. The quantitative estimate of drug-likeness (QED) is 0.644. The number of hydrogen-bond acceptors (Lipinski definition) is 3. The fourth-order valence-electron chi connectivity index (χ4n) is 2.02. The van der Waals surface area contributed by atoms with E-state index in [0.29, 0.717) is 0 Å². The predicted molar refractivity (Wildman–Crippen MR) is 76.8 cm³/mol. The van der Waals surface area contributed by atoms with Crippen molar-refractivity contribution < 1.29 is 0 Å². The Morgan fingerprint density at radius 1 is 1.06 bits per heavy atom. The third-order valence-corrected chi connectivity index (χ3v) is 3.63. The van der Waals surface area contributed by atoms with E-state index in [9.17, 15) is 0 Å². The van der Waals surface area contributed by atoms with E-state index in [4.69, 9.17) is 0 Å². The van der Waals surface area contributed by atoms with E-state index in [0.717, 1.165) is 22.0 Å². The van der Waals surface area contributed by atoms with Crippen LogP contribution in [0.15, 0.2) is 59.9 Å². The molecule has 0 fully saturated rings. The molecule has 0 unspecified atom stereocenters. The van der Waals surface area contributed by atoms with Gasteiger partial charge >= 0.3 is 0 Å². The van der Waals surface area contributed by atoms with E-state index in [1.165, 1.54) is 4.90 Å². The Kier molecular flexibility index (Phi) is 2.99. The Hall–Kier alpha value is -1.87. The van der Waals surface area contributed by atoms with Gasteiger partial charge in [0, 0.05) is 39.8 Å². The third-order valence-electron chi connectivity index (χ3n) is 2.91. The maximum atomic E-state index is 4.52. The first-order valence-corrected chi connectivity index (χ1v) is 6.94. The first-order valence-electron chi connectivity index (χ1n) is 5.71. The molecule has 0 radical (unpaired) electrons. The van der Waals surface area contributed by atoms with Crippen molar-refractivity contribution in [1.82, 2.24) is 9.97 Å². The smallest absolute Gasteiger partial charge is 0.0781 e. The van der Waals surface area contributed by atoms with Gasteiger partial charge in [0.15, 0.2) is 0 Å². The zero-order chi connectivity index (χ0) is 12.4. The van der Waals surface area contributed by atoms with Crippen LogP contribution in [0.2, 0.25) is 0 Å². The number of hydrogen-bond donors (Lipinski definition) is 0. The molecule has 0 saturated carbocycles. The van der Waals surface area contributed by atoms with Crippen molar-refractivity contribution in [2.24, 2.45) is 0 Å². The SMILES string of the molecule is CSc1cccc(-c2nccc3cnccc23)c1. The summed E-state index contributed by atoms with van der Waals surface area (Å²) in [7, 11) is 0. The molecule has 3 aromatic rings. The van der Waals surface area contributed by atoms with E-state index in [-0.39, 0.29) is 0 Å². The fourth-order valence-corrected chi connectivity index (χ4v) is 2.48. The van der Waals surface area contributed by atoms with Gasteiger partial charge in [-0.05, 0) is 30.5 Å². The highest BCUT2D eigenvalue weighted by atomic mass is 32.2. The molecule has 2 aromatic heterocycles. The Balaban J connectivity index is 2.24. The van der Waals surface area contributed by atoms with Crippen molar-refractivity contribution >= 4 is 22.5 Å². The Bertz CT molecular complexity index is 689. The molecule has 0 spiro atoms. The van der Waals surface area contributed by atoms with E-state index in [1.807, 2.05) is 30.7 Å². The molecule has 2 heterocycles. The van der Waals surface area contributed by atoms with Gasteiger partial charge in [-0.15, -0.1) is 11.8 Å². The van der Waals surface area contributed by atoms with Crippen LogP contribution in [0.4, 0.5) is 0 Å². The third kappa shape index (κ3) is 1.97. The predicted octanol–water partition coefficient (Wildman–Crippen LogP) is 4.02. The molecule has 0 aliphatic rings. The maximum absolute atomic E-state index is 4.52. The minimum absolute atomic E-state index is 1.02. The van der Waals surface area contributed by atoms with Crippen LogP contribution in [-0.2, 0) is 0 Å². The lowest BCUT2D eigenvalue weighted by Gasteiger charge is -2.06. The second-order valence-corrected chi connectivity index (χ2v) is 4.87. The van der Waals surface area contributed by atoms with Crippen LogP contribution in [-0.4, -0.2) is 16.2 Å². The van der Waals surface area contributed by atoms with Crippen molar-refractivity contribution in [1.29, 1.82) is 0 Å². The zero-order valence-corrected chi connectivity index (χ0v) is 10.8. The number of benzene rings is 1. The number of thioether (sulfide) groups is 1. The Morgan fingerprint density at radius 2 is 2.00 bits per heavy atom. The zero-order valence-electron chi connectivity index (χ0n) is 10.00. The maximum Gasteiger partial charge on any atom is 0.0781 e. The first kappa shape index (κ1) is 11.2. The molecule has 0 aliphatic heterocycles. The molecule has 18 heavy (non-hydrogen) atoms. The molecule has 1 aromatic carbocycles. The van der Waals surface area contributed by atoms with E-state index in [1.54, 1.807) is 11.8 Å². The van der Waals surface area contributed by atoms with Gasteiger partial charge in [-0.25, -0.2) is 0 Å². The summed E-state index contributed by atoms with van der Waals surface area (Å²) < 4.78 is 0. The van der Waals surface area contributed by atoms with Gasteiger partial charge in [-0.3, -0.25) is 9.97 Å². The van der Waals surface area contributed by atoms with Crippen molar-refractivity contribution in [3.05, 3.63) is 55.0 Å². The monoisotopic (exact) mass is 252 g/mol. The highest BCUT2D eigenvalue weighted by molar-refractivity contribution is 7.98. The van der Waals surface area contributed by atoms with Crippen molar-refractivity contribution in [2.45, 2.75) is 4.90 Å². The molecule has 88 valence electrons. The lowest BCUT2D eigenvalue weighted by Crippen LogP contribution is -1.86. The lowest BCUT2D eigenvalue weighted by molar-refractivity contribution is 1.31. The number of aromatic nitrogens is 2. The van der Waals surface area contributed by atoms with Crippen LogP contribution in [0.5, 0.6) is 0 Å². The summed E-state index contributed by atoms with van der Waals surface area (Å²) in [4.78, 5) is 9.92. The van der Waals surface area contributed by atoms with Crippen LogP contribution in [0.1, 0.15) is 0 Å². The van der Waals surface area contributed by atoms with Gasteiger partial charge in [0.1, 0.15) is 0 Å². The first-order chi connectivity index (χ1) is 8.88. The van der Waals surface area contributed by atoms with Gasteiger partial charge in [0.05, 0.1) is 5.69 Å². The summed E-state index contributed by atoms with van der Waals surface area (Å²) in [6, 6.07) is 12.5. The molecule has 0 N–H and O–H groups in total. The number of pyridine rings is 2. The van der Waals surface area contributed by atoms with Crippen molar-refractivity contribution in [3.8, 4) is 11.3 Å². The molecular formula is C15H12N2S. The number of rotatable bonds is 2. The van der Waals surface area contributed by atoms with Gasteiger partial charge in [-0.1, -0.05) is 12.1 Å². The highest BCUT2D eigenvalue weighted by Crippen LogP contribution is 2.28. The molecule has 0 bridgehead atoms. The van der Waals surface area contributed by atoms with E-state index < -0.39 is 0 Å². The van der Waals surface area contributed by atoms with Crippen LogP contribution >= 0.6 is 11.8 Å². The standard InChI is InChI=1S/C15H12N2S/c1-18-13-4-2-3-11(9-13)15-14-6-7-16-10-12(14)5-8-17-15/h2-10H,1H3. The molecule has 2 nitrogen and oxygen atoms in total. The van der Waals surface area contributed by atoms with Crippen LogP contribution in [0.25, 0.3) is 22.0 Å². The van der Waals surface area contributed by atoms with Crippen molar-refractivity contribution in [3.63, 3.8) is 0 Å². The number of nitrogens with zero attached hydrogens (tertiary/aromatic N) is 2. The Labute approximate surface area is 110 Å². The van der Waals surface area contributed by atoms with Gasteiger partial charge in [0.25, 0.3) is 0 Å². The normalized spacial score (nSPS) is 10.7. The molecule has 0 saturated heterocycles. The molecular weight excluding hydrogens is 240 g/mol. The fraction of sp³-hybridized carbons (Fsp3) is 0.0667. The summed E-state index contributed by atoms with van der Waals surface area (Å²) in [5, 5.41) is 2.27. The van der Waals surface area contributed by atoms with Gasteiger partial charge < -0.3 is 0 Å². The molecule has 3 heteroatoms. The lowest BCUT2D eigenvalue weighted by atomic mass is 10.1. The second-order valence-electron chi connectivity index (χ2n) is 3.99. The summed E-state index contributed by atoms with van der Waals surface area (Å²) in [5.41, 5.74) is 2.17. The van der Waals surface area contributed by atoms with Gasteiger partial charge in [0.2, 0.25) is 0 Å². The van der Waals surface area contributed by atoms with E-state index in [2.05, 4.69) is 40.5 Å². The topological polar surface area (TPSA) is 25.8 Å². The highest BCUT2D eigenvalue weighted by Gasteiger charge is 2.05. The summed E-state index contributed by atoms with van der Waals surface area (Å²) >= 11 is 1.74. The summed E-state index contributed by atoms with van der Waals surface area (Å²) in [6.07, 6.45) is 7.61. The summed E-state index contributed by atoms with van der Waals surface area (Å²) in [6.45, 7) is 0. The van der Waals surface area contributed by atoms with Crippen molar-refractivity contribution in [2.75, 3.05) is 6.26 Å². The molecule has 0 aliphatic carbocycles. The second kappa shape index (κ2) is 4.78. The molecule has 0 amide bonds. The average Bonchev–Trinajstić information content (AvgIpc) is 2.47.